The van der Waals surface area contributed by atoms with Crippen LogP contribution in [0.1, 0.15) is 32.1 Å². The van der Waals surface area contributed by atoms with Gasteiger partial charge in [-0.2, -0.15) is 0 Å². The molecule has 1 unspecified atom stereocenters. The topological polar surface area (TPSA) is 75.4 Å². The number of aliphatic hydroxyl groups excluding tert-OH is 1. The highest BCUT2D eigenvalue weighted by Gasteiger charge is 2.29. The molecule has 82 valence electrons. The highest BCUT2D eigenvalue weighted by Crippen LogP contribution is 2.32. The van der Waals surface area contributed by atoms with E-state index in [4.69, 9.17) is 5.73 Å². The van der Waals surface area contributed by atoms with Gasteiger partial charge in [-0.25, -0.2) is 0 Å². The second kappa shape index (κ2) is 5.98. The van der Waals surface area contributed by atoms with Crippen molar-refractivity contribution in [2.45, 2.75) is 38.2 Å². The Hall–Kier alpha value is -0.610. The summed E-state index contributed by atoms with van der Waals surface area (Å²) in [6, 6.07) is 0. The van der Waals surface area contributed by atoms with E-state index in [2.05, 4.69) is 5.32 Å². The summed E-state index contributed by atoms with van der Waals surface area (Å²) >= 11 is 0. The fraction of sp³-hybridized carbons (Fsp3) is 0.900. The SMILES string of the molecule is NCCCCC(=O)NCC(O)C1CC1. The predicted molar refractivity (Wildman–Crippen MR) is 54.6 cm³/mol. The lowest BCUT2D eigenvalue weighted by Gasteiger charge is -2.10. The smallest absolute Gasteiger partial charge is 0.220 e. The van der Waals surface area contributed by atoms with Crippen LogP contribution in [0.2, 0.25) is 0 Å². The third-order valence-electron chi connectivity index (χ3n) is 2.53. The van der Waals surface area contributed by atoms with Gasteiger partial charge in [-0.1, -0.05) is 0 Å². The van der Waals surface area contributed by atoms with E-state index in [0.29, 0.717) is 25.4 Å². The summed E-state index contributed by atoms with van der Waals surface area (Å²) in [7, 11) is 0. The third-order valence-corrected chi connectivity index (χ3v) is 2.53. The lowest BCUT2D eigenvalue weighted by Crippen LogP contribution is -2.33. The first-order chi connectivity index (χ1) is 6.74. The van der Waals surface area contributed by atoms with E-state index in [9.17, 15) is 9.90 Å². The van der Waals surface area contributed by atoms with E-state index in [1.165, 1.54) is 0 Å². The van der Waals surface area contributed by atoms with Crippen molar-refractivity contribution in [2.75, 3.05) is 13.1 Å². The van der Waals surface area contributed by atoms with Gasteiger partial charge in [0.05, 0.1) is 6.10 Å². The maximum Gasteiger partial charge on any atom is 0.220 e. The summed E-state index contributed by atoms with van der Waals surface area (Å²) in [6.45, 7) is 1.05. The number of hydrogen-bond acceptors (Lipinski definition) is 3. The highest BCUT2D eigenvalue weighted by atomic mass is 16.3. The van der Waals surface area contributed by atoms with Crippen LogP contribution in [0, 0.1) is 5.92 Å². The third kappa shape index (κ3) is 4.58. The minimum atomic E-state index is -0.339. The molecule has 14 heavy (non-hydrogen) atoms. The van der Waals surface area contributed by atoms with E-state index in [1.807, 2.05) is 0 Å². The zero-order chi connectivity index (χ0) is 10.4. The fourth-order valence-electron chi connectivity index (χ4n) is 1.38. The molecule has 0 bridgehead atoms. The van der Waals surface area contributed by atoms with Crippen LogP contribution in [-0.4, -0.2) is 30.2 Å². The first-order valence-electron chi connectivity index (χ1n) is 5.39. The number of nitrogens with one attached hydrogen (secondary N) is 1. The van der Waals surface area contributed by atoms with Crippen molar-refractivity contribution >= 4 is 5.91 Å². The summed E-state index contributed by atoms with van der Waals surface area (Å²) < 4.78 is 0. The molecule has 1 fully saturated rings. The first kappa shape index (κ1) is 11.5. The lowest BCUT2D eigenvalue weighted by molar-refractivity contribution is -0.121. The molecule has 0 aromatic heterocycles. The van der Waals surface area contributed by atoms with Gasteiger partial charge in [-0.3, -0.25) is 4.79 Å². The molecule has 0 aromatic rings. The quantitative estimate of drug-likeness (QED) is 0.506. The molecule has 0 spiro atoms. The van der Waals surface area contributed by atoms with Gasteiger partial charge in [0.2, 0.25) is 5.91 Å². The van der Waals surface area contributed by atoms with Gasteiger partial charge in [0.1, 0.15) is 0 Å². The van der Waals surface area contributed by atoms with Gasteiger partial charge >= 0.3 is 0 Å². The Labute approximate surface area is 84.9 Å². The van der Waals surface area contributed by atoms with Crippen LogP contribution in [0.3, 0.4) is 0 Å². The molecule has 0 aliphatic heterocycles. The van der Waals surface area contributed by atoms with Crippen molar-refractivity contribution < 1.29 is 9.90 Å². The zero-order valence-electron chi connectivity index (χ0n) is 8.54. The van der Waals surface area contributed by atoms with Crippen molar-refractivity contribution in [3.05, 3.63) is 0 Å². The second-order valence-electron chi connectivity index (χ2n) is 3.95. The van der Waals surface area contributed by atoms with Crippen LogP contribution in [0.4, 0.5) is 0 Å². The van der Waals surface area contributed by atoms with E-state index in [-0.39, 0.29) is 12.0 Å². The fourth-order valence-corrected chi connectivity index (χ4v) is 1.38. The standard InChI is InChI=1S/C10H20N2O2/c11-6-2-1-3-10(14)12-7-9(13)8-4-5-8/h8-9,13H,1-7,11H2,(H,12,14). The largest absolute Gasteiger partial charge is 0.391 e. The Morgan fingerprint density at radius 3 is 2.79 bits per heavy atom. The predicted octanol–water partition coefficient (Wildman–Crippen LogP) is 0.00250. The first-order valence-corrected chi connectivity index (χ1v) is 5.39. The summed E-state index contributed by atoms with van der Waals surface area (Å²) in [6.07, 6.45) is 4.11. The molecule has 0 heterocycles. The van der Waals surface area contributed by atoms with E-state index < -0.39 is 0 Å². The van der Waals surface area contributed by atoms with Gasteiger partial charge in [-0.15, -0.1) is 0 Å². The molecule has 0 saturated heterocycles. The van der Waals surface area contributed by atoms with E-state index in [1.54, 1.807) is 0 Å². The number of nitrogens with two attached hydrogens (primary N) is 1. The Bertz CT molecular complexity index is 181. The Kier molecular flexibility index (Phi) is 4.90. The normalized spacial score (nSPS) is 17.9. The van der Waals surface area contributed by atoms with Gasteiger partial charge in [0, 0.05) is 13.0 Å². The second-order valence-corrected chi connectivity index (χ2v) is 3.95. The number of unbranched alkanes of at least 4 members (excludes halogenated alkanes) is 1. The summed E-state index contributed by atoms with van der Waals surface area (Å²) in [5, 5.41) is 12.2. The number of hydrogen-bond donors (Lipinski definition) is 3. The Morgan fingerprint density at radius 1 is 1.50 bits per heavy atom. The van der Waals surface area contributed by atoms with Crippen molar-refractivity contribution in [3.8, 4) is 0 Å². The minimum Gasteiger partial charge on any atom is -0.391 e. The molecular weight excluding hydrogens is 180 g/mol. The number of amides is 1. The molecule has 0 aromatic carbocycles. The maximum atomic E-state index is 11.2. The summed E-state index contributed by atoms with van der Waals surface area (Å²) in [4.78, 5) is 11.2. The van der Waals surface area contributed by atoms with Gasteiger partial charge < -0.3 is 16.2 Å². The molecule has 1 atom stereocenters. The molecule has 1 amide bonds. The van der Waals surface area contributed by atoms with Gasteiger partial charge in [0.15, 0.2) is 0 Å². The number of rotatable bonds is 7. The van der Waals surface area contributed by atoms with E-state index in [0.717, 1.165) is 25.7 Å². The van der Waals surface area contributed by atoms with Crippen LogP contribution >= 0.6 is 0 Å². The highest BCUT2D eigenvalue weighted by molar-refractivity contribution is 5.75. The van der Waals surface area contributed by atoms with Crippen LogP contribution < -0.4 is 11.1 Å². The van der Waals surface area contributed by atoms with E-state index >= 15 is 0 Å². The number of carbonyl (C=O) groups is 1. The summed E-state index contributed by atoms with van der Waals surface area (Å²) in [5.41, 5.74) is 5.31. The van der Waals surface area contributed by atoms with Crippen LogP contribution in [0.15, 0.2) is 0 Å². The van der Waals surface area contributed by atoms with Gasteiger partial charge in [-0.05, 0) is 38.1 Å². The molecule has 1 aliphatic rings. The van der Waals surface area contributed by atoms with Crippen LogP contribution in [0.5, 0.6) is 0 Å². The monoisotopic (exact) mass is 200 g/mol. The van der Waals surface area contributed by atoms with Crippen LogP contribution in [-0.2, 0) is 4.79 Å². The average Bonchev–Trinajstić information content (AvgIpc) is 2.98. The van der Waals surface area contributed by atoms with Crippen molar-refractivity contribution in [3.63, 3.8) is 0 Å². The lowest BCUT2D eigenvalue weighted by atomic mass is 10.2. The van der Waals surface area contributed by atoms with Crippen molar-refractivity contribution in [1.82, 2.24) is 5.32 Å². The number of aliphatic hydroxyl groups is 1. The molecular formula is C10H20N2O2. The minimum absolute atomic E-state index is 0.0261. The van der Waals surface area contributed by atoms with Crippen molar-refractivity contribution in [2.24, 2.45) is 11.7 Å². The van der Waals surface area contributed by atoms with Crippen LogP contribution in [0.25, 0.3) is 0 Å². The Balaban J connectivity index is 1.96. The molecule has 1 aliphatic carbocycles. The molecule has 1 saturated carbocycles. The summed E-state index contributed by atoms with van der Waals surface area (Å²) in [5.74, 6) is 0.456. The molecule has 4 N–H and O–H groups in total. The molecule has 0 radical (unpaired) electrons. The maximum absolute atomic E-state index is 11.2. The van der Waals surface area contributed by atoms with Gasteiger partial charge in [0.25, 0.3) is 0 Å². The Morgan fingerprint density at radius 2 is 2.21 bits per heavy atom. The molecule has 1 rings (SSSR count). The van der Waals surface area contributed by atoms with Crippen molar-refractivity contribution in [1.29, 1.82) is 0 Å². The molecule has 4 heteroatoms. The number of carbonyl (C=O) groups excluding carboxylic acids is 1. The zero-order valence-corrected chi connectivity index (χ0v) is 8.54. The average molecular weight is 200 g/mol. The molecule has 4 nitrogen and oxygen atoms in total.